The zero-order chi connectivity index (χ0) is 11.5. The third-order valence-electron chi connectivity index (χ3n) is 2.39. The molecule has 3 nitrogen and oxygen atoms in total. The van der Waals surface area contributed by atoms with Gasteiger partial charge in [-0.05, 0) is 23.8 Å². The van der Waals surface area contributed by atoms with Crippen molar-refractivity contribution < 1.29 is 0 Å². The van der Waals surface area contributed by atoms with Crippen molar-refractivity contribution in [3.63, 3.8) is 0 Å². The lowest BCUT2D eigenvalue weighted by Crippen LogP contribution is -2.02. The summed E-state index contributed by atoms with van der Waals surface area (Å²) in [7, 11) is 0. The van der Waals surface area contributed by atoms with Crippen molar-refractivity contribution in [1.29, 1.82) is 0 Å². The molecule has 4 heteroatoms. The van der Waals surface area contributed by atoms with Crippen molar-refractivity contribution >= 4 is 23.0 Å². The van der Waals surface area contributed by atoms with Crippen LogP contribution in [0.3, 0.4) is 0 Å². The zero-order valence-corrected chi connectivity index (χ0v) is 9.41. The molecule has 0 aliphatic rings. The number of benzene rings is 1. The molecule has 0 aliphatic heterocycles. The van der Waals surface area contributed by atoms with Gasteiger partial charge in [-0.3, -0.25) is 4.98 Å². The number of pyridine rings is 1. The lowest BCUT2D eigenvalue weighted by molar-refractivity contribution is 1.08. The standard InChI is InChI=1S/C12H12ClN3/c13-9-3-1-8(2-4-9)7-11-12(15)10(14)5-6-16-11/h1-6H,7,15H2,(H2,14,16). The van der Waals surface area contributed by atoms with E-state index in [0.717, 1.165) is 16.3 Å². The Balaban J connectivity index is 2.27. The first kappa shape index (κ1) is 10.8. The number of aromatic nitrogens is 1. The first-order chi connectivity index (χ1) is 7.66. The Labute approximate surface area is 99.1 Å². The second kappa shape index (κ2) is 4.41. The van der Waals surface area contributed by atoms with E-state index in [1.165, 1.54) is 0 Å². The van der Waals surface area contributed by atoms with Gasteiger partial charge in [-0.1, -0.05) is 23.7 Å². The molecule has 0 radical (unpaired) electrons. The molecule has 0 saturated heterocycles. The number of anilines is 2. The number of rotatable bonds is 2. The third kappa shape index (κ3) is 2.25. The van der Waals surface area contributed by atoms with Crippen molar-refractivity contribution in [3.8, 4) is 0 Å². The van der Waals surface area contributed by atoms with Gasteiger partial charge >= 0.3 is 0 Å². The molecule has 0 bridgehead atoms. The second-order valence-electron chi connectivity index (χ2n) is 3.56. The summed E-state index contributed by atoms with van der Waals surface area (Å²) in [5.74, 6) is 0. The Kier molecular flexibility index (Phi) is 2.97. The maximum Gasteiger partial charge on any atom is 0.0770 e. The van der Waals surface area contributed by atoms with Crippen LogP contribution in [0, 0.1) is 0 Å². The summed E-state index contributed by atoms with van der Waals surface area (Å²) in [6.45, 7) is 0. The van der Waals surface area contributed by atoms with Gasteiger partial charge in [0, 0.05) is 17.6 Å². The van der Waals surface area contributed by atoms with Crippen molar-refractivity contribution in [2.24, 2.45) is 0 Å². The van der Waals surface area contributed by atoms with E-state index >= 15 is 0 Å². The number of hydrogen-bond donors (Lipinski definition) is 2. The second-order valence-corrected chi connectivity index (χ2v) is 4.00. The van der Waals surface area contributed by atoms with Gasteiger partial charge in [0.1, 0.15) is 0 Å². The fraction of sp³-hybridized carbons (Fsp3) is 0.0833. The van der Waals surface area contributed by atoms with E-state index < -0.39 is 0 Å². The highest BCUT2D eigenvalue weighted by Gasteiger charge is 2.04. The van der Waals surface area contributed by atoms with Gasteiger partial charge in [-0.2, -0.15) is 0 Å². The fourth-order valence-corrected chi connectivity index (χ4v) is 1.60. The maximum atomic E-state index is 5.85. The van der Waals surface area contributed by atoms with E-state index in [-0.39, 0.29) is 0 Å². The summed E-state index contributed by atoms with van der Waals surface area (Å²) in [5, 5.41) is 0.720. The van der Waals surface area contributed by atoms with Crippen LogP contribution in [0.2, 0.25) is 5.02 Å². The van der Waals surface area contributed by atoms with Crippen LogP contribution >= 0.6 is 11.6 Å². The van der Waals surface area contributed by atoms with Crippen LogP contribution < -0.4 is 11.5 Å². The van der Waals surface area contributed by atoms with Gasteiger partial charge < -0.3 is 11.5 Å². The van der Waals surface area contributed by atoms with Gasteiger partial charge in [-0.15, -0.1) is 0 Å². The summed E-state index contributed by atoms with van der Waals surface area (Å²) >= 11 is 5.81. The molecule has 0 aliphatic carbocycles. The van der Waals surface area contributed by atoms with E-state index in [2.05, 4.69) is 4.98 Å². The first-order valence-corrected chi connectivity index (χ1v) is 5.28. The summed E-state index contributed by atoms with van der Waals surface area (Å²) in [6, 6.07) is 9.29. The van der Waals surface area contributed by atoms with Gasteiger partial charge in [0.15, 0.2) is 0 Å². The van der Waals surface area contributed by atoms with E-state index in [1.807, 2.05) is 24.3 Å². The molecule has 0 amide bonds. The van der Waals surface area contributed by atoms with Crippen LogP contribution in [0.15, 0.2) is 36.5 Å². The molecule has 1 aromatic heterocycles. The fourth-order valence-electron chi connectivity index (χ4n) is 1.47. The van der Waals surface area contributed by atoms with Crippen LogP contribution in [-0.2, 0) is 6.42 Å². The monoisotopic (exact) mass is 233 g/mol. The predicted octanol–water partition coefficient (Wildman–Crippen LogP) is 2.49. The van der Waals surface area contributed by atoms with Crippen LogP contribution in [0.4, 0.5) is 11.4 Å². The molecule has 2 aromatic rings. The molecule has 1 heterocycles. The molecular weight excluding hydrogens is 222 g/mol. The Morgan fingerprint density at radius 2 is 1.75 bits per heavy atom. The zero-order valence-electron chi connectivity index (χ0n) is 8.65. The molecule has 0 atom stereocenters. The van der Waals surface area contributed by atoms with Crippen molar-refractivity contribution in [1.82, 2.24) is 4.98 Å². The Morgan fingerprint density at radius 3 is 2.44 bits per heavy atom. The predicted molar refractivity (Wildman–Crippen MR) is 67.3 cm³/mol. The van der Waals surface area contributed by atoms with Gasteiger partial charge in [0.2, 0.25) is 0 Å². The lowest BCUT2D eigenvalue weighted by Gasteiger charge is -2.06. The minimum atomic E-state index is 0.553. The number of nitrogen functional groups attached to an aromatic ring is 2. The molecule has 0 spiro atoms. The van der Waals surface area contributed by atoms with Gasteiger partial charge in [-0.25, -0.2) is 0 Å². The minimum Gasteiger partial charge on any atom is -0.397 e. The Bertz CT molecular complexity index is 494. The van der Waals surface area contributed by atoms with Crippen LogP contribution in [0.5, 0.6) is 0 Å². The van der Waals surface area contributed by atoms with Crippen molar-refractivity contribution in [2.45, 2.75) is 6.42 Å². The summed E-state index contributed by atoms with van der Waals surface area (Å²) in [4.78, 5) is 4.22. The van der Waals surface area contributed by atoms with Crippen LogP contribution in [-0.4, -0.2) is 4.98 Å². The number of nitrogens with two attached hydrogens (primary N) is 2. The molecule has 16 heavy (non-hydrogen) atoms. The van der Waals surface area contributed by atoms with E-state index in [4.69, 9.17) is 23.1 Å². The smallest absolute Gasteiger partial charge is 0.0770 e. The van der Waals surface area contributed by atoms with E-state index in [1.54, 1.807) is 12.3 Å². The highest BCUT2D eigenvalue weighted by molar-refractivity contribution is 6.30. The largest absolute Gasteiger partial charge is 0.397 e. The normalized spacial score (nSPS) is 10.3. The van der Waals surface area contributed by atoms with Gasteiger partial charge in [0.05, 0.1) is 17.1 Å². The SMILES string of the molecule is Nc1ccnc(Cc2ccc(Cl)cc2)c1N. The quantitative estimate of drug-likeness (QED) is 0.838. The van der Waals surface area contributed by atoms with Crippen molar-refractivity contribution in [2.75, 3.05) is 11.5 Å². The molecular formula is C12H12ClN3. The van der Waals surface area contributed by atoms with Gasteiger partial charge in [0.25, 0.3) is 0 Å². The number of halogens is 1. The minimum absolute atomic E-state index is 0.553. The molecule has 0 saturated carbocycles. The first-order valence-electron chi connectivity index (χ1n) is 4.90. The highest BCUT2D eigenvalue weighted by Crippen LogP contribution is 2.20. The topological polar surface area (TPSA) is 64.9 Å². The van der Waals surface area contributed by atoms with Crippen LogP contribution in [0.1, 0.15) is 11.3 Å². The summed E-state index contributed by atoms with van der Waals surface area (Å²) < 4.78 is 0. The summed E-state index contributed by atoms with van der Waals surface area (Å²) in [5.41, 5.74) is 14.6. The van der Waals surface area contributed by atoms with E-state index in [0.29, 0.717) is 17.8 Å². The Morgan fingerprint density at radius 1 is 1.06 bits per heavy atom. The lowest BCUT2D eigenvalue weighted by atomic mass is 10.1. The third-order valence-corrected chi connectivity index (χ3v) is 2.64. The number of nitrogens with zero attached hydrogens (tertiary/aromatic N) is 1. The Hall–Kier alpha value is -1.74. The van der Waals surface area contributed by atoms with Crippen LogP contribution in [0.25, 0.3) is 0 Å². The summed E-state index contributed by atoms with van der Waals surface area (Å²) in [6.07, 6.45) is 2.32. The van der Waals surface area contributed by atoms with Crippen molar-refractivity contribution in [3.05, 3.63) is 52.8 Å². The number of hydrogen-bond acceptors (Lipinski definition) is 3. The molecule has 0 unspecified atom stereocenters. The average Bonchev–Trinajstić information content (AvgIpc) is 2.28. The highest BCUT2D eigenvalue weighted by atomic mass is 35.5. The van der Waals surface area contributed by atoms with E-state index in [9.17, 15) is 0 Å². The molecule has 2 rings (SSSR count). The average molecular weight is 234 g/mol. The molecule has 82 valence electrons. The maximum absolute atomic E-state index is 5.85. The molecule has 4 N–H and O–H groups in total. The molecule has 1 aromatic carbocycles. The molecule has 0 fully saturated rings.